The first-order chi connectivity index (χ1) is 36.2. The fourth-order valence-electron chi connectivity index (χ4n) is 9.24. The fraction of sp³-hybridized carbons (Fsp3) is 0.725. The molecule has 0 aromatic heterocycles. The Balaban J connectivity index is 3.57. The number of hydrogen-bond acceptors (Lipinski definition) is 3. The van der Waals surface area contributed by atoms with Crippen LogP contribution in [-0.2, 0) is 4.79 Å². The lowest BCUT2D eigenvalue weighted by Gasteiger charge is -2.19. The predicted octanol–water partition coefficient (Wildman–Crippen LogP) is 21.4. The van der Waals surface area contributed by atoms with Crippen molar-refractivity contribution < 1.29 is 15.0 Å². The number of rotatable bonds is 57. The van der Waals surface area contributed by atoms with Crippen LogP contribution >= 0.6 is 0 Å². The Labute approximate surface area is 455 Å². The highest BCUT2D eigenvalue weighted by atomic mass is 16.3. The third-order valence-electron chi connectivity index (χ3n) is 14.0. The molecule has 0 bridgehead atoms. The predicted molar refractivity (Wildman–Crippen MR) is 326 cm³/mol. The monoisotopic (exact) mass is 1010 g/mol. The molecule has 0 radical (unpaired) electrons. The molecule has 0 aromatic carbocycles. The van der Waals surface area contributed by atoms with Crippen LogP contribution in [0.25, 0.3) is 0 Å². The van der Waals surface area contributed by atoms with Gasteiger partial charge in [0.05, 0.1) is 18.8 Å². The summed E-state index contributed by atoms with van der Waals surface area (Å²) in [7, 11) is 0. The minimum Gasteiger partial charge on any atom is -0.394 e. The van der Waals surface area contributed by atoms with Crippen LogP contribution in [0.5, 0.6) is 0 Å². The molecule has 0 aliphatic carbocycles. The fourth-order valence-corrected chi connectivity index (χ4v) is 9.24. The van der Waals surface area contributed by atoms with Crippen molar-refractivity contribution in [1.29, 1.82) is 0 Å². The molecule has 0 spiro atoms. The van der Waals surface area contributed by atoms with Crippen molar-refractivity contribution in [3.8, 4) is 0 Å². The molecule has 2 unspecified atom stereocenters. The third-order valence-corrected chi connectivity index (χ3v) is 14.0. The Bertz CT molecular complexity index is 1380. The molecule has 0 rings (SSSR count). The van der Waals surface area contributed by atoms with Gasteiger partial charge in [0.2, 0.25) is 5.91 Å². The normalized spacial score (nSPS) is 13.5. The second-order valence-electron chi connectivity index (χ2n) is 21.1. The van der Waals surface area contributed by atoms with Gasteiger partial charge in [-0.25, -0.2) is 0 Å². The zero-order chi connectivity index (χ0) is 52.7. The number of carbonyl (C=O) groups excluding carboxylic acids is 1. The average molecular weight is 1010 g/mol. The molecule has 2 atom stereocenters. The summed E-state index contributed by atoms with van der Waals surface area (Å²) in [5.74, 6) is -0.0868. The van der Waals surface area contributed by atoms with Crippen LogP contribution in [0.3, 0.4) is 0 Å². The summed E-state index contributed by atoms with van der Waals surface area (Å²) in [5, 5.41) is 23.2. The molecular weight excluding hydrogens is 891 g/mol. The Morgan fingerprint density at radius 2 is 0.616 bits per heavy atom. The van der Waals surface area contributed by atoms with Gasteiger partial charge >= 0.3 is 0 Å². The maximum Gasteiger partial charge on any atom is 0.220 e. The molecule has 0 fully saturated rings. The molecular formula is C69H121NO3. The van der Waals surface area contributed by atoms with Crippen molar-refractivity contribution in [3.05, 3.63) is 109 Å². The summed E-state index contributed by atoms with van der Waals surface area (Å²) in [6, 6.07) is -0.655. The summed E-state index contributed by atoms with van der Waals surface area (Å²) in [6.45, 7) is 4.20. The molecule has 0 saturated heterocycles. The van der Waals surface area contributed by atoms with Crippen LogP contribution in [0.1, 0.15) is 303 Å². The quantitative estimate of drug-likeness (QED) is 0.0420. The van der Waals surface area contributed by atoms with E-state index in [4.69, 9.17) is 0 Å². The minimum atomic E-state index is -0.877. The van der Waals surface area contributed by atoms with Crippen LogP contribution in [0, 0.1) is 0 Å². The number of nitrogens with one attached hydrogen (secondary N) is 1. The number of allylic oxidation sites excluding steroid dienone is 17. The molecule has 3 N–H and O–H groups in total. The van der Waals surface area contributed by atoms with E-state index in [2.05, 4.69) is 116 Å². The van der Waals surface area contributed by atoms with Gasteiger partial charge in [0.25, 0.3) is 0 Å². The largest absolute Gasteiger partial charge is 0.394 e. The molecule has 0 aliphatic rings. The Morgan fingerprint density at radius 3 is 0.959 bits per heavy atom. The highest BCUT2D eigenvalue weighted by Crippen LogP contribution is 2.17. The molecule has 4 heteroatoms. The van der Waals surface area contributed by atoms with Gasteiger partial charge in [-0.2, -0.15) is 0 Å². The lowest BCUT2D eigenvalue weighted by molar-refractivity contribution is -0.123. The van der Waals surface area contributed by atoms with Crippen LogP contribution in [-0.4, -0.2) is 34.9 Å². The molecule has 73 heavy (non-hydrogen) atoms. The van der Waals surface area contributed by atoms with Crippen LogP contribution < -0.4 is 5.32 Å². The zero-order valence-corrected chi connectivity index (χ0v) is 48.4. The van der Waals surface area contributed by atoms with Gasteiger partial charge in [0, 0.05) is 6.42 Å². The van der Waals surface area contributed by atoms with Gasteiger partial charge < -0.3 is 15.5 Å². The number of unbranched alkanes of at least 4 members (excludes halogenated alkanes) is 34. The second-order valence-corrected chi connectivity index (χ2v) is 21.1. The van der Waals surface area contributed by atoms with E-state index >= 15 is 0 Å². The van der Waals surface area contributed by atoms with Crippen molar-refractivity contribution >= 4 is 5.91 Å². The summed E-state index contributed by atoms with van der Waals surface area (Å²) >= 11 is 0. The summed E-state index contributed by atoms with van der Waals surface area (Å²) in [5.41, 5.74) is 0. The van der Waals surface area contributed by atoms with Crippen molar-refractivity contribution in [2.24, 2.45) is 0 Å². The van der Waals surface area contributed by atoms with E-state index in [9.17, 15) is 15.0 Å². The molecule has 420 valence electrons. The van der Waals surface area contributed by atoms with E-state index in [1.54, 1.807) is 6.08 Å². The van der Waals surface area contributed by atoms with E-state index in [-0.39, 0.29) is 12.5 Å². The van der Waals surface area contributed by atoms with Gasteiger partial charge in [-0.1, -0.05) is 316 Å². The first-order valence-corrected chi connectivity index (χ1v) is 31.6. The van der Waals surface area contributed by atoms with Crippen molar-refractivity contribution in [2.45, 2.75) is 315 Å². The Morgan fingerprint density at radius 1 is 0.342 bits per heavy atom. The first kappa shape index (κ1) is 70.1. The minimum absolute atomic E-state index is 0.0868. The highest BCUT2D eigenvalue weighted by Gasteiger charge is 2.18. The zero-order valence-electron chi connectivity index (χ0n) is 48.4. The van der Waals surface area contributed by atoms with Gasteiger partial charge in [-0.15, -0.1) is 0 Å². The average Bonchev–Trinajstić information content (AvgIpc) is 3.40. The highest BCUT2D eigenvalue weighted by molar-refractivity contribution is 5.76. The smallest absolute Gasteiger partial charge is 0.220 e. The van der Waals surface area contributed by atoms with Crippen molar-refractivity contribution in [1.82, 2.24) is 5.32 Å². The van der Waals surface area contributed by atoms with Crippen LogP contribution in [0.2, 0.25) is 0 Å². The Kier molecular flexibility index (Phi) is 60.8. The molecule has 0 aromatic rings. The standard InChI is InChI=1S/C69H121NO3/c1-3-5-7-9-11-13-15-17-19-21-23-25-27-29-31-33-34-35-37-38-40-42-44-46-48-50-52-54-56-58-60-62-64-68(72)67(66-71)70-69(73)65-63-61-59-57-55-53-51-49-47-45-43-41-39-36-32-30-28-26-24-22-20-18-16-14-12-10-8-6-4-2/h6,8,12,14,18,20,24,26,30,32,39,41,45,47,54,56,62,64,67-68,71-72H,3-5,7,9-11,13,15-17,19,21-23,25,27-29,31,33-38,40,42-44,46,48-53,55,57-61,63,65-66H2,1-2H3,(H,70,73)/b8-6-,14-12-,20-18-,26-24-,32-30-,41-39-,47-45-,56-54+,64-62+. The van der Waals surface area contributed by atoms with E-state index in [1.165, 1.54) is 193 Å². The molecule has 4 nitrogen and oxygen atoms in total. The van der Waals surface area contributed by atoms with Crippen LogP contribution in [0.15, 0.2) is 109 Å². The molecule has 0 saturated carbocycles. The van der Waals surface area contributed by atoms with Crippen molar-refractivity contribution in [3.63, 3.8) is 0 Å². The van der Waals surface area contributed by atoms with Gasteiger partial charge in [-0.3, -0.25) is 4.79 Å². The van der Waals surface area contributed by atoms with Gasteiger partial charge in [0.1, 0.15) is 0 Å². The first-order valence-electron chi connectivity index (χ1n) is 31.6. The number of amides is 1. The molecule has 0 aliphatic heterocycles. The topological polar surface area (TPSA) is 69.6 Å². The molecule has 1 amide bonds. The SMILES string of the molecule is CC/C=C\C/C=C\C/C=C\C/C=C\C/C=C\C/C=C\C/C=C\CCCCCCCCCC(=O)NC(CO)C(O)/C=C/CC/C=C/CCCCCCCCCCCCCCCCCCCCCCCCCCCC. The van der Waals surface area contributed by atoms with Crippen molar-refractivity contribution in [2.75, 3.05) is 6.61 Å². The third kappa shape index (κ3) is 59.8. The maximum absolute atomic E-state index is 12.5. The van der Waals surface area contributed by atoms with E-state index in [1.807, 2.05) is 6.08 Å². The lowest BCUT2D eigenvalue weighted by Crippen LogP contribution is -2.45. The number of aliphatic hydroxyl groups is 2. The lowest BCUT2D eigenvalue weighted by atomic mass is 10.0. The van der Waals surface area contributed by atoms with Gasteiger partial charge in [0.15, 0.2) is 0 Å². The summed E-state index contributed by atoms with van der Waals surface area (Å²) in [6.07, 6.45) is 95.7. The second kappa shape index (κ2) is 63.3. The summed E-state index contributed by atoms with van der Waals surface area (Å²) in [4.78, 5) is 12.5. The van der Waals surface area contributed by atoms with Crippen LogP contribution in [0.4, 0.5) is 0 Å². The Hall–Kier alpha value is -2.95. The summed E-state index contributed by atoms with van der Waals surface area (Å²) < 4.78 is 0. The van der Waals surface area contributed by atoms with E-state index in [0.717, 1.165) is 89.9 Å². The number of aliphatic hydroxyl groups excluding tert-OH is 2. The molecule has 0 heterocycles. The number of hydrogen-bond donors (Lipinski definition) is 3. The maximum atomic E-state index is 12.5. The number of carbonyl (C=O) groups is 1. The van der Waals surface area contributed by atoms with E-state index < -0.39 is 12.1 Å². The van der Waals surface area contributed by atoms with E-state index in [0.29, 0.717) is 6.42 Å². The van der Waals surface area contributed by atoms with Gasteiger partial charge in [-0.05, 0) is 89.9 Å².